The molecule has 0 bridgehead atoms. The van der Waals surface area contributed by atoms with Crippen molar-refractivity contribution in [3.63, 3.8) is 0 Å². The molecule has 2 fully saturated rings. The van der Waals surface area contributed by atoms with Crippen molar-refractivity contribution in [3.05, 3.63) is 46.6 Å². The fourth-order valence-corrected chi connectivity index (χ4v) is 3.88. The number of amides is 1. The van der Waals surface area contributed by atoms with Gasteiger partial charge in [0, 0.05) is 56.6 Å². The molecule has 2 saturated heterocycles. The number of carbonyl (C=O) groups is 1. The minimum Gasteiger partial charge on any atom is -0.378 e. The van der Waals surface area contributed by atoms with Crippen molar-refractivity contribution in [1.82, 2.24) is 14.9 Å². The van der Waals surface area contributed by atoms with Crippen molar-refractivity contribution in [2.45, 2.75) is 20.8 Å². The number of nitrogens with zero attached hydrogens (tertiary/aromatic N) is 5. The molecule has 0 spiro atoms. The highest BCUT2D eigenvalue weighted by molar-refractivity contribution is 5.96. The Kier molecular flexibility index (Phi) is 5.67. The minimum atomic E-state index is 0.124. The summed E-state index contributed by atoms with van der Waals surface area (Å²) in [6, 6.07) is 8.10. The van der Waals surface area contributed by atoms with E-state index in [0.717, 1.165) is 60.3 Å². The van der Waals surface area contributed by atoms with E-state index in [1.807, 2.05) is 49.9 Å². The van der Waals surface area contributed by atoms with Crippen LogP contribution in [-0.2, 0) is 4.74 Å². The molecule has 1 amide bonds. The Labute approximate surface area is 172 Å². The molecule has 4 rings (SSSR count). The number of morpholine rings is 1. The quantitative estimate of drug-likeness (QED) is 0.794. The Bertz CT molecular complexity index is 887. The Morgan fingerprint density at radius 2 is 1.62 bits per heavy atom. The summed E-state index contributed by atoms with van der Waals surface area (Å²) in [5.74, 6) is 1.84. The van der Waals surface area contributed by atoms with Crippen LogP contribution in [-0.4, -0.2) is 73.3 Å². The second-order valence-corrected chi connectivity index (χ2v) is 7.86. The number of carbonyl (C=O) groups excluding carboxylic acids is 1. The number of anilines is 2. The first-order chi connectivity index (χ1) is 14.0. The number of piperazine rings is 1. The van der Waals surface area contributed by atoms with Crippen molar-refractivity contribution >= 4 is 17.7 Å². The zero-order chi connectivity index (χ0) is 20.4. The highest BCUT2D eigenvalue weighted by atomic mass is 16.5. The van der Waals surface area contributed by atoms with Crippen LogP contribution < -0.4 is 9.80 Å². The number of benzene rings is 1. The van der Waals surface area contributed by atoms with Gasteiger partial charge in [0.05, 0.1) is 13.2 Å². The average molecular weight is 396 g/mol. The highest BCUT2D eigenvalue weighted by Crippen LogP contribution is 2.21. The number of hydrogen-bond donors (Lipinski definition) is 0. The lowest BCUT2D eigenvalue weighted by molar-refractivity contribution is 0.0745. The van der Waals surface area contributed by atoms with Crippen LogP contribution in [0.15, 0.2) is 24.3 Å². The van der Waals surface area contributed by atoms with E-state index in [-0.39, 0.29) is 5.91 Å². The third-order valence-electron chi connectivity index (χ3n) is 5.64. The summed E-state index contributed by atoms with van der Waals surface area (Å²) in [6.45, 7) is 12.0. The molecular weight excluding hydrogens is 366 g/mol. The SMILES string of the molecule is Cc1ccc(C)c(C(=O)N2CCN(c3cc(C)nc(N4CCOCC4)n3)CC2)c1. The average Bonchev–Trinajstić information content (AvgIpc) is 2.75. The maximum atomic E-state index is 13.0. The van der Waals surface area contributed by atoms with Gasteiger partial charge in [-0.05, 0) is 32.4 Å². The number of hydrogen-bond acceptors (Lipinski definition) is 6. The van der Waals surface area contributed by atoms with Gasteiger partial charge >= 0.3 is 0 Å². The van der Waals surface area contributed by atoms with Gasteiger partial charge in [0.2, 0.25) is 5.95 Å². The smallest absolute Gasteiger partial charge is 0.254 e. The van der Waals surface area contributed by atoms with E-state index in [2.05, 4.69) is 14.8 Å². The molecular formula is C22H29N5O2. The largest absolute Gasteiger partial charge is 0.378 e. The summed E-state index contributed by atoms with van der Waals surface area (Å²) in [5.41, 5.74) is 3.92. The van der Waals surface area contributed by atoms with E-state index >= 15 is 0 Å². The molecule has 2 aromatic rings. The van der Waals surface area contributed by atoms with Crippen molar-refractivity contribution < 1.29 is 9.53 Å². The second-order valence-electron chi connectivity index (χ2n) is 7.86. The molecule has 1 aromatic carbocycles. The van der Waals surface area contributed by atoms with Crippen LogP contribution in [0.4, 0.5) is 11.8 Å². The molecule has 0 N–H and O–H groups in total. The first-order valence-corrected chi connectivity index (χ1v) is 10.3. The van der Waals surface area contributed by atoms with Gasteiger partial charge in [-0.2, -0.15) is 4.98 Å². The molecule has 0 atom stereocenters. The molecule has 0 aliphatic carbocycles. The van der Waals surface area contributed by atoms with Crippen LogP contribution in [0.25, 0.3) is 0 Å². The van der Waals surface area contributed by atoms with E-state index in [9.17, 15) is 4.79 Å². The molecule has 0 unspecified atom stereocenters. The topological polar surface area (TPSA) is 61.8 Å². The monoisotopic (exact) mass is 395 g/mol. The lowest BCUT2D eigenvalue weighted by atomic mass is 10.0. The lowest BCUT2D eigenvalue weighted by Crippen LogP contribution is -2.49. The van der Waals surface area contributed by atoms with Crippen LogP contribution in [0.3, 0.4) is 0 Å². The molecule has 1 aromatic heterocycles. The normalized spacial score (nSPS) is 17.6. The fraction of sp³-hybridized carbons (Fsp3) is 0.500. The molecule has 0 radical (unpaired) electrons. The maximum absolute atomic E-state index is 13.0. The summed E-state index contributed by atoms with van der Waals surface area (Å²) < 4.78 is 5.44. The number of rotatable bonds is 3. The number of ether oxygens (including phenoxy) is 1. The van der Waals surface area contributed by atoms with E-state index < -0.39 is 0 Å². The lowest BCUT2D eigenvalue weighted by Gasteiger charge is -2.36. The number of aryl methyl sites for hydroxylation is 3. The molecule has 154 valence electrons. The minimum absolute atomic E-state index is 0.124. The molecule has 3 heterocycles. The molecule has 7 nitrogen and oxygen atoms in total. The first-order valence-electron chi connectivity index (χ1n) is 10.3. The van der Waals surface area contributed by atoms with Crippen LogP contribution in [0, 0.1) is 20.8 Å². The predicted octanol–water partition coefficient (Wildman–Crippen LogP) is 2.20. The van der Waals surface area contributed by atoms with Gasteiger partial charge in [0.25, 0.3) is 5.91 Å². The van der Waals surface area contributed by atoms with Crippen LogP contribution in [0.1, 0.15) is 27.2 Å². The standard InChI is InChI=1S/C22H29N5O2/c1-16-4-5-17(2)19(14-16)21(28)26-8-6-25(7-9-26)20-15-18(3)23-22(24-20)27-10-12-29-13-11-27/h4-5,14-15H,6-13H2,1-3H3. The predicted molar refractivity (Wildman–Crippen MR) is 114 cm³/mol. The van der Waals surface area contributed by atoms with Gasteiger partial charge in [0.15, 0.2) is 0 Å². The summed E-state index contributed by atoms with van der Waals surface area (Å²) in [5, 5.41) is 0. The molecule has 0 saturated carbocycles. The van der Waals surface area contributed by atoms with Crippen molar-refractivity contribution in [1.29, 1.82) is 0 Å². The second kappa shape index (κ2) is 8.37. The van der Waals surface area contributed by atoms with Crippen molar-refractivity contribution in [2.75, 3.05) is 62.3 Å². The number of aromatic nitrogens is 2. The summed E-state index contributed by atoms with van der Waals surface area (Å²) >= 11 is 0. The maximum Gasteiger partial charge on any atom is 0.254 e. The Balaban J connectivity index is 1.45. The molecule has 2 aliphatic heterocycles. The van der Waals surface area contributed by atoms with Gasteiger partial charge < -0.3 is 19.4 Å². The van der Waals surface area contributed by atoms with E-state index in [1.165, 1.54) is 0 Å². The van der Waals surface area contributed by atoms with E-state index in [0.29, 0.717) is 26.3 Å². The summed E-state index contributed by atoms with van der Waals surface area (Å²) in [7, 11) is 0. The van der Waals surface area contributed by atoms with Crippen LogP contribution in [0.5, 0.6) is 0 Å². The molecule has 7 heteroatoms. The van der Waals surface area contributed by atoms with Gasteiger partial charge in [-0.25, -0.2) is 4.98 Å². The van der Waals surface area contributed by atoms with Gasteiger partial charge in [-0.3, -0.25) is 4.79 Å². The van der Waals surface area contributed by atoms with Gasteiger partial charge in [-0.1, -0.05) is 17.7 Å². The Morgan fingerprint density at radius 3 is 2.34 bits per heavy atom. The van der Waals surface area contributed by atoms with E-state index in [4.69, 9.17) is 9.72 Å². The first kappa shape index (κ1) is 19.6. The van der Waals surface area contributed by atoms with Crippen LogP contribution >= 0.6 is 0 Å². The zero-order valence-electron chi connectivity index (χ0n) is 17.5. The summed E-state index contributed by atoms with van der Waals surface area (Å²) in [4.78, 5) is 28.8. The van der Waals surface area contributed by atoms with Gasteiger partial charge in [-0.15, -0.1) is 0 Å². The summed E-state index contributed by atoms with van der Waals surface area (Å²) in [6.07, 6.45) is 0. The third kappa shape index (κ3) is 4.34. The van der Waals surface area contributed by atoms with Crippen LogP contribution in [0.2, 0.25) is 0 Å². The molecule has 29 heavy (non-hydrogen) atoms. The van der Waals surface area contributed by atoms with Crippen molar-refractivity contribution in [3.8, 4) is 0 Å². The van der Waals surface area contributed by atoms with Gasteiger partial charge in [0.1, 0.15) is 5.82 Å². The fourth-order valence-electron chi connectivity index (χ4n) is 3.88. The van der Waals surface area contributed by atoms with E-state index in [1.54, 1.807) is 0 Å². The zero-order valence-corrected chi connectivity index (χ0v) is 17.5. The van der Waals surface area contributed by atoms with Crippen molar-refractivity contribution in [2.24, 2.45) is 0 Å². The Hall–Kier alpha value is -2.67. The Morgan fingerprint density at radius 1 is 0.897 bits per heavy atom. The third-order valence-corrected chi connectivity index (χ3v) is 5.64. The highest BCUT2D eigenvalue weighted by Gasteiger charge is 2.25. The molecule has 2 aliphatic rings.